The van der Waals surface area contributed by atoms with Gasteiger partial charge in [-0.2, -0.15) is 0 Å². The molecular formula is C21H27N3O2. The standard InChI is InChI=1S/C21H27N3O2/c1-4-24(5-2)20-11-9-18(10-12-20)23-21(26)13-14-22-19-8-6-7-17(15-19)16(3)25/h6-12,15,22H,4-5,13-14H2,1-3H3,(H,23,26). The maximum absolute atomic E-state index is 12.1. The summed E-state index contributed by atoms with van der Waals surface area (Å²) in [7, 11) is 0. The Morgan fingerprint density at radius 1 is 0.962 bits per heavy atom. The molecule has 0 atom stereocenters. The molecule has 0 bridgehead atoms. The molecule has 0 aliphatic carbocycles. The molecule has 0 spiro atoms. The lowest BCUT2D eigenvalue weighted by molar-refractivity contribution is -0.115. The van der Waals surface area contributed by atoms with Gasteiger partial charge in [0.15, 0.2) is 5.78 Å². The van der Waals surface area contributed by atoms with Crippen molar-refractivity contribution in [2.75, 3.05) is 35.2 Å². The molecule has 2 N–H and O–H groups in total. The minimum absolute atomic E-state index is 0.0274. The van der Waals surface area contributed by atoms with Crippen molar-refractivity contribution in [1.82, 2.24) is 0 Å². The van der Waals surface area contributed by atoms with Crippen molar-refractivity contribution in [3.8, 4) is 0 Å². The monoisotopic (exact) mass is 353 g/mol. The van der Waals surface area contributed by atoms with Crippen LogP contribution in [-0.2, 0) is 4.79 Å². The van der Waals surface area contributed by atoms with Crippen molar-refractivity contribution in [2.45, 2.75) is 27.2 Å². The third-order valence-corrected chi connectivity index (χ3v) is 4.23. The van der Waals surface area contributed by atoms with E-state index in [0.29, 0.717) is 18.5 Å². The highest BCUT2D eigenvalue weighted by molar-refractivity contribution is 5.95. The zero-order valence-corrected chi connectivity index (χ0v) is 15.7. The van der Waals surface area contributed by atoms with Crippen molar-refractivity contribution in [1.29, 1.82) is 0 Å². The number of nitrogens with zero attached hydrogens (tertiary/aromatic N) is 1. The minimum atomic E-state index is -0.0455. The molecule has 0 saturated heterocycles. The second kappa shape index (κ2) is 9.61. The number of carbonyl (C=O) groups is 2. The molecule has 2 aromatic rings. The van der Waals surface area contributed by atoms with Crippen molar-refractivity contribution in [3.05, 3.63) is 54.1 Å². The molecule has 2 aromatic carbocycles. The first-order valence-corrected chi connectivity index (χ1v) is 9.03. The Labute approximate surface area is 155 Å². The lowest BCUT2D eigenvalue weighted by Gasteiger charge is -2.21. The number of anilines is 3. The highest BCUT2D eigenvalue weighted by Crippen LogP contribution is 2.18. The molecule has 0 unspecified atom stereocenters. The summed E-state index contributed by atoms with van der Waals surface area (Å²) in [5, 5.41) is 6.08. The van der Waals surface area contributed by atoms with Crippen LogP contribution in [0.1, 0.15) is 37.6 Å². The smallest absolute Gasteiger partial charge is 0.226 e. The molecule has 138 valence electrons. The Bertz CT molecular complexity index is 737. The van der Waals surface area contributed by atoms with E-state index in [2.05, 4.69) is 29.4 Å². The van der Waals surface area contributed by atoms with Crippen molar-refractivity contribution in [2.24, 2.45) is 0 Å². The number of Topliss-reactive ketones (excluding diaryl/α,β-unsaturated/α-hetero) is 1. The van der Waals surface area contributed by atoms with Gasteiger partial charge in [-0.1, -0.05) is 12.1 Å². The average Bonchev–Trinajstić information content (AvgIpc) is 2.64. The molecule has 5 heteroatoms. The molecule has 0 aliphatic rings. The van der Waals surface area contributed by atoms with E-state index in [1.807, 2.05) is 36.4 Å². The summed E-state index contributed by atoms with van der Waals surface area (Å²) < 4.78 is 0. The van der Waals surface area contributed by atoms with E-state index >= 15 is 0 Å². The van der Waals surface area contributed by atoms with Gasteiger partial charge in [-0.05, 0) is 57.2 Å². The zero-order valence-electron chi connectivity index (χ0n) is 15.7. The molecular weight excluding hydrogens is 326 g/mol. The predicted molar refractivity (Wildman–Crippen MR) is 108 cm³/mol. The second-order valence-corrected chi connectivity index (χ2v) is 6.08. The van der Waals surface area contributed by atoms with E-state index in [9.17, 15) is 9.59 Å². The van der Waals surface area contributed by atoms with Crippen LogP contribution < -0.4 is 15.5 Å². The van der Waals surface area contributed by atoms with Crippen LogP contribution in [0.3, 0.4) is 0 Å². The number of carbonyl (C=O) groups excluding carboxylic acids is 2. The molecule has 0 radical (unpaired) electrons. The molecule has 0 saturated carbocycles. The normalized spacial score (nSPS) is 10.3. The highest BCUT2D eigenvalue weighted by Gasteiger charge is 2.05. The van der Waals surface area contributed by atoms with Crippen molar-refractivity contribution in [3.63, 3.8) is 0 Å². The first-order chi connectivity index (χ1) is 12.5. The molecule has 0 heterocycles. The third kappa shape index (κ3) is 5.62. The number of hydrogen-bond donors (Lipinski definition) is 2. The van der Waals surface area contributed by atoms with Crippen LogP contribution in [-0.4, -0.2) is 31.3 Å². The van der Waals surface area contributed by atoms with E-state index in [1.165, 1.54) is 6.92 Å². The van der Waals surface area contributed by atoms with Gasteiger partial charge in [-0.3, -0.25) is 9.59 Å². The van der Waals surface area contributed by atoms with E-state index in [1.54, 1.807) is 12.1 Å². The fourth-order valence-electron chi connectivity index (χ4n) is 2.74. The molecule has 0 fully saturated rings. The molecule has 2 rings (SSSR count). The molecule has 0 aliphatic heterocycles. The van der Waals surface area contributed by atoms with Gasteiger partial charge in [0.25, 0.3) is 0 Å². The van der Waals surface area contributed by atoms with Crippen LogP contribution >= 0.6 is 0 Å². The maximum Gasteiger partial charge on any atom is 0.226 e. The van der Waals surface area contributed by atoms with Gasteiger partial charge < -0.3 is 15.5 Å². The van der Waals surface area contributed by atoms with E-state index in [4.69, 9.17) is 0 Å². The number of rotatable bonds is 9. The first-order valence-electron chi connectivity index (χ1n) is 9.03. The summed E-state index contributed by atoms with van der Waals surface area (Å²) in [5.74, 6) is -0.0182. The van der Waals surface area contributed by atoms with Crippen molar-refractivity contribution >= 4 is 28.8 Å². The van der Waals surface area contributed by atoms with Gasteiger partial charge in [-0.15, -0.1) is 0 Å². The second-order valence-electron chi connectivity index (χ2n) is 6.08. The Morgan fingerprint density at radius 2 is 1.65 bits per heavy atom. The molecule has 26 heavy (non-hydrogen) atoms. The van der Waals surface area contributed by atoms with Gasteiger partial charge in [0.2, 0.25) is 5.91 Å². The zero-order chi connectivity index (χ0) is 18.9. The van der Waals surface area contributed by atoms with Crippen LogP contribution in [0.15, 0.2) is 48.5 Å². The summed E-state index contributed by atoms with van der Waals surface area (Å²) in [6.45, 7) is 8.21. The van der Waals surface area contributed by atoms with Crippen LogP contribution in [0.2, 0.25) is 0 Å². The quantitative estimate of drug-likeness (QED) is 0.664. The Balaban J connectivity index is 1.82. The number of nitrogens with one attached hydrogen (secondary N) is 2. The van der Waals surface area contributed by atoms with E-state index < -0.39 is 0 Å². The number of ketones is 1. The third-order valence-electron chi connectivity index (χ3n) is 4.23. The van der Waals surface area contributed by atoms with Crippen LogP contribution in [0.4, 0.5) is 17.1 Å². The molecule has 5 nitrogen and oxygen atoms in total. The summed E-state index contributed by atoms with van der Waals surface area (Å²) in [4.78, 5) is 25.7. The fraction of sp³-hybridized carbons (Fsp3) is 0.333. The number of amides is 1. The Kier molecular flexibility index (Phi) is 7.21. The van der Waals surface area contributed by atoms with Crippen LogP contribution in [0.5, 0.6) is 0 Å². The van der Waals surface area contributed by atoms with E-state index in [0.717, 1.165) is 30.2 Å². The summed E-state index contributed by atoms with van der Waals surface area (Å²) in [6.07, 6.45) is 0.349. The predicted octanol–water partition coefficient (Wildman–Crippen LogP) is 4.18. The van der Waals surface area contributed by atoms with Gasteiger partial charge in [0.1, 0.15) is 0 Å². The maximum atomic E-state index is 12.1. The Hall–Kier alpha value is -2.82. The SMILES string of the molecule is CCN(CC)c1ccc(NC(=O)CCNc2cccc(C(C)=O)c2)cc1. The summed E-state index contributed by atoms with van der Waals surface area (Å²) in [5.41, 5.74) is 3.45. The topological polar surface area (TPSA) is 61.4 Å². The van der Waals surface area contributed by atoms with Gasteiger partial charge in [-0.25, -0.2) is 0 Å². The van der Waals surface area contributed by atoms with Gasteiger partial charge in [0.05, 0.1) is 0 Å². The van der Waals surface area contributed by atoms with Gasteiger partial charge in [0, 0.05) is 48.7 Å². The molecule has 1 amide bonds. The molecule has 0 aromatic heterocycles. The Morgan fingerprint density at radius 3 is 2.27 bits per heavy atom. The summed E-state index contributed by atoms with van der Waals surface area (Å²) in [6, 6.07) is 15.2. The summed E-state index contributed by atoms with van der Waals surface area (Å²) >= 11 is 0. The van der Waals surface area contributed by atoms with Crippen LogP contribution in [0, 0.1) is 0 Å². The van der Waals surface area contributed by atoms with Gasteiger partial charge >= 0.3 is 0 Å². The average molecular weight is 353 g/mol. The lowest BCUT2D eigenvalue weighted by Crippen LogP contribution is -2.21. The highest BCUT2D eigenvalue weighted by atomic mass is 16.1. The fourth-order valence-corrected chi connectivity index (χ4v) is 2.74. The van der Waals surface area contributed by atoms with Crippen molar-refractivity contribution < 1.29 is 9.59 Å². The largest absolute Gasteiger partial charge is 0.385 e. The number of hydrogen-bond acceptors (Lipinski definition) is 4. The number of benzene rings is 2. The van der Waals surface area contributed by atoms with E-state index in [-0.39, 0.29) is 11.7 Å². The minimum Gasteiger partial charge on any atom is -0.385 e. The van der Waals surface area contributed by atoms with Crippen LogP contribution in [0.25, 0.3) is 0 Å². The first kappa shape index (κ1) is 19.5. The lowest BCUT2D eigenvalue weighted by atomic mass is 10.1.